The Hall–Kier alpha value is -0.820. The van der Waals surface area contributed by atoms with Gasteiger partial charge in [-0.25, -0.2) is 8.91 Å². The maximum Gasteiger partial charge on any atom is 0.362 e. The van der Waals surface area contributed by atoms with E-state index < -0.39 is 52.4 Å². The first-order valence-corrected chi connectivity index (χ1v) is 9.29. The molecule has 0 bridgehead atoms. The molecule has 144 valence electrons. The highest BCUT2D eigenvalue weighted by atomic mass is 32.2. The fourth-order valence-corrected chi connectivity index (χ4v) is 4.04. The summed E-state index contributed by atoms with van der Waals surface area (Å²) in [6.45, 7) is 7.57. The Morgan fingerprint density at radius 3 is 2.48 bits per heavy atom. The number of fused-ring (bicyclic) bond motifs is 3. The Morgan fingerprint density at radius 2 is 1.84 bits per heavy atom. The van der Waals surface area contributed by atoms with Crippen LogP contribution >= 0.6 is 0 Å². The zero-order valence-electron chi connectivity index (χ0n) is 14.7. The molecule has 0 unspecified atom stereocenters. The van der Waals surface area contributed by atoms with Gasteiger partial charge < -0.3 is 23.7 Å². The summed E-state index contributed by atoms with van der Waals surface area (Å²) in [7, 11) is -4.29. The van der Waals surface area contributed by atoms with Gasteiger partial charge in [-0.3, -0.25) is 4.79 Å². The summed E-state index contributed by atoms with van der Waals surface area (Å²) in [6.07, 6.45) is -1.66. The summed E-state index contributed by atoms with van der Waals surface area (Å²) in [5.41, 5.74) is 0. The van der Waals surface area contributed by atoms with Gasteiger partial charge in [0.1, 0.15) is 24.9 Å². The number of ether oxygens (including phenoxy) is 5. The number of hydrogen-bond donors (Lipinski definition) is 1. The molecule has 3 aliphatic heterocycles. The van der Waals surface area contributed by atoms with Crippen LogP contribution in [0.1, 0.15) is 34.6 Å². The predicted molar refractivity (Wildman–Crippen MR) is 81.2 cm³/mol. The molecule has 1 N–H and O–H groups in total. The van der Waals surface area contributed by atoms with Gasteiger partial charge in [0.25, 0.3) is 0 Å². The van der Waals surface area contributed by atoms with Crippen molar-refractivity contribution in [3.63, 3.8) is 0 Å². The van der Waals surface area contributed by atoms with E-state index in [9.17, 15) is 13.2 Å². The minimum atomic E-state index is -4.29. The highest BCUT2D eigenvalue weighted by Crippen LogP contribution is 2.47. The third kappa shape index (κ3) is 3.82. The third-order valence-electron chi connectivity index (χ3n) is 3.96. The van der Waals surface area contributed by atoms with Gasteiger partial charge in [0.05, 0.1) is 6.61 Å². The summed E-state index contributed by atoms with van der Waals surface area (Å²) < 4.78 is 59.4. The van der Waals surface area contributed by atoms with Gasteiger partial charge in [-0.1, -0.05) is 0 Å². The lowest BCUT2D eigenvalue weighted by Crippen LogP contribution is -2.60. The Bertz CT molecular complexity index is 661. The first-order chi connectivity index (χ1) is 11.3. The smallest absolute Gasteiger partial charge is 0.343 e. The van der Waals surface area contributed by atoms with Crippen molar-refractivity contribution in [3.8, 4) is 0 Å². The Morgan fingerprint density at radius 1 is 1.16 bits per heavy atom. The first-order valence-electron chi connectivity index (χ1n) is 7.88. The molecule has 1 amide bonds. The van der Waals surface area contributed by atoms with Crippen LogP contribution < -0.4 is 4.72 Å². The Labute approximate surface area is 146 Å². The average Bonchev–Trinajstić information content (AvgIpc) is 2.87. The lowest BCUT2D eigenvalue weighted by Gasteiger charge is -2.40. The van der Waals surface area contributed by atoms with Gasteiger partial charge in [0.2, 0.25) is 11.7 Å². The standard InChI is InChI=1S/C14H23NO9S/c1-8(16)15-25(17,18)20-7-14-11(23-13(4,5)24-14)10-9(6-19-14)21-12(2,3)22-10/h9-11H,6-7H2,1-5H3,(H,15,16)/t9-,10-,11+,14+/m1/s1. The maximum atomic E-state index is 11.8. The minimum absolute atomic E-state index is 0.119. The largest absolute Gasteiger partial charge is 0.362 e. The number of rotatable bonds is 4. The van der Waals surface area contributed by atoms with Crippen LogP contribution in [0.4, 0.5) is 0 Å². The van der Waals surface area contributed by atoms with Gasteiger partial charge in [-0.15, -0.1) is 0 Å². The summed E-state index contributed by atoms with van der Waals surface area (Å²) >= 11 is 0. The Balaban J connectivity index is 1.81. The van der Waals surface area contributed by atoms with Gasteiger partial charge in [-0.2, -0.15) is 8.42 Å². The predicted octanol–water partition coefficient (Wildman–Crippen LogP) is -0.218. The molecule has 4 atom stereocenters. The highest BCUT2D eigenvalue weighted by molar-refractivity contribution is 7.85. The van der Waals surface area contributed by atoms with Crippen LogP contribution in [0.15, 0.2) is 0 Å². The fraction of sp³-hybridized carbons (Fsp3) is 0.929. The molecule has 3 aliphatic rings. The second-order valence-corrected chi connectivity index (χ2v) is 8.52. The van der Waals surface area contributed by atoms with Crippen LogP contribution in [0.2, 0.25) is 0 Å². The maximum absolute atomic E-state index is 11.8. The Kier molecular flexibility index (Phi) is 4.43. The fourth-order valence-electron chi connectivity index (χ4n) is 3.31. The molecule has 11 heteroatoms. The molecule has 3 heterocycles. The van der Waals surface area contributed by atoms with Crippen molar-refractivity contribution in [1.29, 1.82) is 0 Å². The van der Waals surface area contributed by atoms with E-state index in [0.29, 0.717) is 0 Å². The lowest BCUT2D eigenvalue weighted by molar-refractivity contribution is -0.290. The van der Waals surface area contributed by atoms with Crippen LogP contribution in [0, 0.1) is 0 Å². The molecule has 0 spiro atoms. The van der Waals surface area contributed by atoms with Crippen molar-refractivity contribution in [2.24, 2.45) is 0 Å². The summed E-state index contributed by atoms with van der Waals surface area (Å²) in [5, 5.41) is 0. The molecule has 0 aliphatic carbocycles. The van der Waals surface area contributed by atoms with E-state index in [1.165, 1.54) is 0 Å². The van der Waals surface area contributed by atoms with Gasteiger partial charge in [0.15, 0.2) is 11.6 Å². The van der Waals surface area contributed by atoms with Crippen LogP contribution in [-0.2, 0) is 43.0 Å². The van der Waals surface area contributed by atoms with Crippen molar-refractivity contribution in [1.82, 2.24) is 4.72 Å². The molecule has 0 aromatic rings. The van der Waals surface area contributed by atoms with Gasteiger partial charge in [0, 0.05) is 6.92 Å². The molecule has 0 aromatic carbocycles. The molecule has 25 heavy (non-hydrogen) atoms. The number of amides is 1. The van der Waals surface area contributed by atoms with Gasteiger partial charge in [-0.05, 0) is 27.7 Å². The quantitative estimate of drug-likeness (QED) is 0.705. The summed E-state index contributed by atoms with van der Waals surface area (Å²) in [4.78, 5) is 11.0. The molecule has 0 saturated carbocycles. The summed E-state index contributed by atoms with van der Waals surface area (Å²) in [5.74, 6) is -4.14. The molecule has 10 nitrogen and oxygen atoms in total. The first kappa shape index (κ1) is 19.0. The van der Waals surface area contributed by atoms with Crippen LogP contribution in [0.5, 0.6) is 0 Å². The minimum Gasteiger partial charge on any atom is -0.343 e. The zero-order chi connectivity index (χ0) is 18.7. The van der Waals surface area contributed by atoms with E-state index in [4.69, 9.17) is 27.9 Å². The number of hydrogen-bond acceptors (Lipinski definition) is 9. The monoisotopic (exact) mass is 381 g/mol. The van der Waals surface area contributed by atoms with Crippen molar-refractivity contribution in [2.45, 2.75) is 70.3 Å². The van der Waals surface area contributed by atoms with Crippen LogP contribution in [-0.4, -0.2) is 63.2 Å². The average molecular weight is 381 g/mol. The SMILES string of the molecule is CC(=O)NS(=O)(=O)OC[C@@]12OC[C@H]3OC(C)(C)O[C@H]3[C@@H]1OC(C)(C)O2. The molecule has 0 radical (unpaired) electrons. The lowest BCUT2D eigenvalue weighted by atomic mass is 9.98. The van der Waals surface area contributed by atoms with E-state index in [1.54, 1.807) is 32.4 Å². The molecular weight excluding hydrogens is 358 g/mol. The van der Waals surface area contributed by atoms with Crippen LogP contribution in [0.25, 0.3) is 0 Å². The third-order valence-corrected chi connectivity index (χ3v) is 4.92. The zero-order valence-corrected chi connectivity index (χ0v) is 15.5. The van der Waals surface area contributed by atoms with Crippen molar-refractivity contribution >= 4 is 16.2 Å². The van der Waals surface area contributed by atoms with Crippen molar-refractivity contribution in [3.05, 3.63) is 0 Å². The molecular formula is C14H23NO9S. The van der Waals surface area contributed by atoms with Gasteiger partial charge >= 0.3 is 10.3 Å². The van der Waals surface area contributed by atoms with E-state index in [2.05, 4.69) is 0 Å². The summed E-state index contributed by atoms with van der Waals surface area (Å²) in [6, 6.07) is 0. The molecule has 3 fully saturated rings. The normalized spacial score (nSPS) is 38.8. The molecule has 0 aromatic heterocycles. The molecule has 3 rings (SSSR count). The van der Waals surface area contributed by atoms with Crippen molar-refractivity contribution < 1.29 is 41.1 Å². The van der Waals surface area contributed by atoms with E-state index >= 15 is 0 Å². The van der Waals surface area contributed by atoms with E-state index in [0.717, 1.165) is 6.92 Å². The van der Waals surface area contributed by atoms with Crippen molar-refractivity contribution in [2.75, 3.05) is 13.2 Å². The van der Waals surface area contributed by atoms with E-state index in [1.807, 2.05) is 0 Å². The van der Waals surface area contributed by atoms with E-state index in [-0.39, 0.29) is 12.7 Å². The second kappa shape index (κ2) is 5.84. The second-order valence-electron chi connectivity index (χ2n) is 7.18. The topological polar surface area (TPSA) is 119 Å². The number of carbonyl (C=O) groups excluding carboxylic acids is 1. The number of nitrogens with one attached hydrogen (secondary N) is 1. The number of carbonyl (C=O) groups is 1. The van der Waals surface area contributed by atoms with Crippen LogP contribution in [0.3, 0.4) is 0 Å². The molecule has 3 saturated heterocycles. The highest BCUT2D eigenvalue weighted by Gasteiger charge is 2.65.